The quantitative estimate of drug-likeness (QED) is 0.549. The van der Waals surface area contributed by atoms with Crippen molar-refractivity contribution in [1.29, 1.82) is 0 Å². The maximum Gasteiger partial charge on any atom is 0.255 e. The maximum absolute atomic E-state index is 13.4. The first-order chi connectivity index (χ1) is 15.3. The van der Waals surface area contributed by atoms with Crippen LogP contribution in [0, 0.1) is 18.8 Å². The van der Waals surface area contributed by atoms with Gasteiger partial charge in [-0.15, -0.1) is 0 Å². The molecule has 3 aromatic carbocycles. The van der Waals surface area contributed by atoms with Gasteiger partial charge in [0.1, 0.15) is 0 Å². The third-order valence-electron chi connectivity index (χ3n) is 6.26. The molecular formula is C25H29N3O3S. The first-order valence-electron chi connectivity index (χ1n) is 10.9. The smallest absolute Gasteiger partial charge is 0.255 e. The third-order valence-corrected chi connectivity index (χ3v) is 7.78. The number of benzene rings is 3. The van der Waals surface area contributed by atoms with Crippen molar-refractivity contribution >= 4 is 32.4 Å². The van der Waals surface area contributed by atoms with Crippen LogP contribution < -0.4 is 15.4 Å². The highest BCUT2D eigenvalue weighted by atomic mass is 32.2. The van der Waals surface area contributed by atoms with E-state index in [1.54, 1.807) is 24.3 Å². The molecule has 1 aliphatic rings. The summed E-state index contributed by atoms with van der Waals surface area (Å²) in [4.78, 5) is 13.1. The van der Waals surface area contributed by atoms with Crippen molar-refractivity contribution in [2.45, 2.75) is 31.7 Å². The molecule has 1 fully saturated rings. The van der Waals surface area contributed by atoms with Gasteiger partial charge >= 0.3 is 0 Å². The number of fused-ring (bicyclic) bond motifs is 1. The van der Waals surface area contributed by atoms with E-state index in [0.717, 1.165) is 18.7 Å². The molecule has 1 aliphatic heterocycles. The monoisotopic (exact) mass is 451 g/mol. The van der Waals surface area contributed by atoms with Gasteiger partial charge < -0.3 is 10.6 Å². The highest BCUT2D eigenvalue weighted by Gasteiger charge is 2.32. The van der Waals surface area contributed by atoms with Gasteiger partial charge in [-0.2, -0.15) is 0 Å². The van der Waals surface area contributed by atoms with Gasteiger partial charge in [-0.25, -0.2) is 13.1 Å². The van der Waals surface area contributed by atoms with E-state index in [1.165, 1.54) is 0 Å². The Kier molecular flexibility index (Phi) is 6.33. The highest BCUT2D eigenvalue weighted by molar-refractivity contribution is 7.89. The number of sulfonamides is 1. The van der Waals surface area contributed by atoms with Crippen molar-refractivity contribution in [3.05, 3.63) is 71.8 Å². The Morgan fingerprint density at radius 2 is 1.53 bits per heavy atom. The molecule has 3 N–H and O–H groups in total. The van der Waals surface area contributed by atoms with E-state index in [2.05, 4.69) is 29.2 Å². The first-order valence-corrected chi connectivity index (χ1v) is 12.4. The summed E-state index contributed by atoms with van der Waals surface area (Å²) in [5.74, 6) is 0.152. The predicted octanol–water partition coefficient (Wildman–Crippen LogP) is 3.92. The number of amides is 1. The van der Waals surface area contributed by atoms with E-state index >= 15 is 0 Å². The van der Waals surface area contributed by atoms with Gasteiger partial charge in [0.25, 0.3) is 5.91 Å². The number of rotatable bonds is 5. The molecule has 7 heteroatoms. The summed E-state index contributed by atoms with van der Waals surface area (Å²) < 4.78 is 29.7. The minimum Gasteiger partial charge on any atom is -0.321 e. The SMILES string of the molecule is Cc1ccccc1C(=O)Nc1ccc(S(=O)(=O)NC2C(C)CNCC2C)c2ccccc12. The Balaban J connectivity index is 1.69. The summed E-state index contributed by atoms with van der Waals surface area (Å²) in [6, 6.07) is 17.7. The first kappa shape index (κ1) is 22.5. The molecule has 4 rings (SSSR count). The predicted molar refractivity (Wildman–Crippen MR) is 128 cm³/mol. The maximum atomic E-state index is 13.4. The molecule has 6 nitrogen and oxygen atoms in total. The van der Waals surface area contributed by atoms with Crippen LogP contribution in [0.1, 0.15) is 29.8 Å². The van der Waals surface area contributed by atoms with E-state index in [9.17, 15) is 13.2 Å². The molecule has 32 heavy (non-hydrogen) atoms. The van der Waals surface area contributed by atoms with E-state index in [4.69, 9.17) is 0 Å². The summed E-state index contributed by atoms with van der Waals surface area (Å²) in [7, 11) is -3.75. The molecule has 0 bridgehead atoms. The van der Waals surface area contributed by atoms with Crippen LogP contribution in [0.4, 0.5) is 5.69 Å². The minimum atomic E-state index is -3.75. The number of aryl methyl sites for hydroxylation is 1. The molecule has 0 aliphatic carbocycles. The molecule has 0 saturated carbocycles. The third kappa shape index (κ3) is 4.41. The molecule has 0 aromatic heterocycles. The van der Waals surface area contributed by atoms with Gasteiger partial charge in [0, 0.05) is 28.1 Å². The van der Waals surface area contributed by atoms with Gasteiger partial charge in [0.05, 0.1) is 4.90 Å². The van der Waals surface area contributed by atoms with Crippen molar-refractivity contribution < 1.29 is 13.2 Å². The lowest BCUT2D eigenvalue weighted by Crippen LogP contribution is -2.53. The van der Waals surface area contributed by atoms with E-state index in [-0.39, 0.29) is 28.7 Å². The standard InChI is InChI=1S/C25H29N3O3S/c1-16-8-4-5-9-19(16)25(29)27-22-12-13-23(21-11-7-6-10-20(21)22)32(30,31)28-24-17(2)14-26-15-18(24)3/h4-13,17-18,24,26,28H,14-15H2,1-3H3,(H,27,29). The van der Waals surface area contributed by atoms with E-state index in [0.29, 0.717) is 22.0 Å². The van der Waals surface area contributed by atoms with Gasteiger partial charge in [-0.05, 0) is 55.6 Å². The molecule has 0 radical (unpaired) electrons. The summed E-state index contributed by atoms with van der Waals surface area (Å²) in [6.45, 7) is 7.55. The van der Waals surface area contributed by atoms with Crippen molar-refractivity contribution in [1.82, 2.24) is 10.0 Å². The Hall–Kier alpha value is -2.74. The zero-order valence-electron chi connectivity index (χ0n) is 18.6. The fraction of sp³-hybridized carbons (Fsp3) is 0.320. The molecule has 2 unspecified atom stereocenters. The van der Waals surface area contributed by atoms with E-state index in [1.807, 2.05) is 43.3 Å². The number of anilines is 1. The number of carbonyl (C=O) groups is 1. The largest absolute Gasteiger partial charge is 0.321 e. The topological polar surface area (TPSA) is 87.3 Å². The Bertz CT molecular complexity index is 1250. The highest BCUT2D eigenvalue weighted by Crippen LogP contribution is 2.31. The second kappa shape index (κ2) is 9.02. The fourth-order valence-electron chi connectivity index (χ4n) is 4.46. The van der Waals surface area contributed by atoms with Crippen molar-refractivity contribution in [3.63, 3.8) is 0 Å². The zero-order valence-corrected chi connectivity index (χ0v) is 19.4. The van der Waals surface area contributed by atoms with Crippen LogP contribution >= 0.6 is 0 Å². The summed E-state index contributed by atoms with van der Waals surface area (Å²) >= 11 is 0. The number of nitrogens with one attached hydrogen (secondary N) is 3. The van der Waals surface area contributed by atoms with Crippen molar-refractivity contribution in [2.24, 2.45) is 11.8 Å². The van der Waals surface area contributed by atoms with Crippen LogP contribution in [0.15, 0.2) is 65.6 Å². The Morgan fingerprint density at radius 3 is 2.22 bits per heavy atom. The summed E-state index contributed by atoms with van der Waals surface area (Å²) in [5.41, 5.74) is 2.04. The molecular weight excluding hydrogens is 422 g/mol. The lowest BCUT2D eigenvalue weighted by Gasteiger charge is -2.35. The number of piperidine rings is 1. The number of carbonyl (C=O) groups excluding carboxylic acids is 1. The van der Waals surface area contributed by atoms with Gasteiger partial charge in [0.15, 0.2) is 0 Å². The molecule has 2 atom stereocenters. The van der Waals surface area contributed by atoms with Crippen molar-refractivity contribution in [2.75, 3.05) is 18.4 Å². The number of hydrogen-bond donors (Lipinski definition) is 3. The normalized spacial score (nSPS) is 21.4. The van der Waals surface area contributed by atoms with Crippen LogP contribution in [0.5, 0.6) is 0 Å². The lowest BCUT2D eigenvalue weighted by molar-refractivity contribution is 0.102. The Labute approximate surface area is 189 Å². The Morgan fingerprint density at radius 1 is 0.906 bits per heavy atom. The molecule has 0 spiro atoms. The molecule has 1 amide bonds. The van der Waals surface area contributed by atoms with Crippen LogP contribution in [-0.2, 0) is 10.0 Å². The van der Waals surface area contributed by atoms with Gasteiger partial charge in [-0.3, -0.25) is 4.79 Å². The van der Waals surface area contributed by atoms with Crippen LogP contribution in [-0.4, -0.2) is 33.5 Å². The van der Waals surface area contributed by atoms with Crippen LogP contribution in [0.2, 0.25) is 0 Å². The van der Waals surface area contributed by atoms with Gasteiger partial charge in [0.2, 0.25) is 10.0 Å². The lowest BCUT2D eigenvalue weighted by atomic mass is 9.88. The minimum absolute atomic E-state index is 0.138. The average Bonchev–Trinajstić information content (AvgIpc) is 2.77. The number of hydrogen-bond acceptors (Lipinski definition) is 4. The fourth-order valence-corrected chi connectivity index (χ4v) is 6.13. The summed E-state index contributed by atoms with van der Waals surface area (Å²) in [5, 5.41) is 7.56. The van der Waals surface area contributed by atoms with Crippen LogP contribution in [0.3, 0.4) is 0 Å². The molecule has 1 heterocycles. The summed E-state index contributed by atoms with van der Waals surface area (Å²) in [6.07, 6.45) is 0. The molecule has 3 aromatic rings. The zero-order chi connectivity index (χ0) is 22.9. The van der Waals surface area contributed by atoms with E-state index < -0.39 is 10.0 Å². The van der Waals surface area contributed by atoms with Crippen LogP contribution in [0.25, 0.3) is 10.8 Å². The van der Waals surface area contributed by atoms with Crippen molar-refractivity contribution in [3.8, 4) is 0 Å². The molecule has 168 valence electrons. The second-order valence-electron chi connectivity index (χ2n) is 8.69. The average molecular weight is 452 g/mol. The molecule has 1 saturated heterocycles. The van der Waals surface area contributed by atoms with Gasteiger partial charge in [-0.1, -0.05) is 56.3 Å². The second-order valence-corrected chi connectivity index (χ2v) is 10.4.